The Labute approximate surface area is 125 Å². The fourth-order valence-corrected chi connectivity index (χ4v) is 2.55. The third-order valence-electron chi connectivity index (χ3n) is 3.77. The van der Waals surface area contributed by atoms with Gasteiger partial charge >= 0.3 is 12.0 Å². The largest absolute Gasteiger partial charge is 0.480 e. The number of rotatable bonds is 5. The number of aliphatic carboxylic acids is 1. The van der Waals surface area contributed by atoms with Crippen LogP contribution in [-0.4, -0.2) is 65.5 Å². The second-order valence-electron chi connectivity index (χ2n) is 5.55. The van der Waals surface area contributed by atoms with Gasteiger partial charge in [-0.25, -0.2) is 9.59 Å². The highest BCUT2D eigenvalue weighted by molar-refractivity contribution is 5.86. The zero-order valence-corrected chi connectivity index (χ0v) is 13.0. The molecule has 0 spiro atoms. The van der Waals surface area contributed by atoms with Gasteiger partial charge in [0.2, 0.25) is 5.91 Å². The summed E-state index contributed by atoms with van der Waals surface area (Å²) in [7, 11) is 1.51. The lowest BCUT2D eigenvalue weighted by Crippen LogP contribution is -2.55. The molecule has 7 nitrogen and oxygen atoms in total. The highest BCUT2D eigenvalue weighted by Gasteiger charge is 2.36. The van der Waals surface area contributed by atoms with Crippen molar-refractivity contribution in [3.05, 3.63) is 0 Å². The third-order valence-corrected chi connectivity index (χ3v) is 3.77. The van der Waals surface area contributed by atoms with E-state index in [1.807, 2.05) is 13.8 Å². The van der Waals surface area contributed by atoms with E-state index in [1.165, 1.54) is 16.8 Å². The molecular formula is C14H25N3O4. The molecule has 0 radical (unpaired) electrons. The summed E-state index contributed by atoms with van der Waals surface area (Å²) in [6.45, 7) is 4.72. The van der Waals surface area contributed by atoms with E-state index in [2.05, 4.69) is 5.32 Å². The van der Waals surface area contributed by atoms with Crippen molar-refractivity contribution in [2.45, 2.75) is 39.2 Å². The van der Waals surface area contributed by atoms with Crippen molar-refractivity contribution < 1.29 is 19.5 Å². The smallest absolute Gasteiger partial charge is 0.326 e. The topological polar surface area (TPSA) is 90.0 Å². The van der Waals surface area contributed by atoms with E-state index < -0.39 is 12.0 Å². The van der Waals surface area contributed by atoms with Gasteiger partial charge in [-0.1, -0.05) is 13.8 Å². The number of nitrogens with one attached hydrogen (secondary N) is 1. The van der Waals surface area contributed by atoms with Gasteiger partial charge < -0.3 is 20.2 Å². The number of likely N-dealkylation sites (tertiary alicyclic amines) is 1. The number of urea groups is 1. The number of hydrogen-bond acceptors (Lipinski definition) is 3. The maximum atomic E-state index is 12.6. The van der Waals surface area contributed by atoms with E-state index in [-0.39, 0.29) is 24.4 Å². The van der Waals surface area contributed by atoms with Crippen LogP contribution in [0.3, 0.4) is 0 Å². The number of hydrogen-bond donors (Lipinski definition) is 2. The Morgan fingerprint density at radius 3 is 2.57 bits per heavy atom. The molecule has 0 saturated carbocycles. The van der Waals surface area contributed by atoms with Gasteiger partial charge in [-0.3, -0.25) is 4.79 Å². The second kappa shape index (κ2) is 7.85. The first-order valence-corrected chi connectivity index (χ1v) is 7.39. The number of carbonyl (C=O) groups is 3. The Hall–Kier alpha value is -1.79. The van der Waals surface area contributed by atoms with Crippen LogP contribution in [0.5, 0.6) is 0 Å². The number of amides is 3. The first kappa shape index (κ1) is 17.3. The molecule has 21 heavy (non-hydrogen) atoms. The van der Waals surface area contributed by atoms with Gasteiger partial charge in [0.05, 0.1) is 0 Å². The molecule has 2 unspecified atom stereocenters. The predicted molar refractivity (Wildman–Crippen MR) is 77.9 cm³/mol. The molecule has 1 rings (SSSR count). The summed E-state index contributed by atoms with van der Waals surface area (Å²) >= 11 is 0. The molecule has 0 aromatic carbocycles. The van der Waals surface area contributed by atoms with Gasteiger partial charge in [-0.2, -0.15) is 0 Å². The second-order valence-corrected chi connectivity index (χ2v) is 5.55. The SMILES string of the molecule is CCCN(CC(=O)NC)C(=O)N1CCC(C)CC1C(=O)O. The Morgan fingerprint density at radius 2 is 2.05 bits per heavy atom. The fraction of sp³-hybridized carbons (Fsp3) is 0.786. The number of likely N-dealkylation sites (N-methyl/N-ethyl adjacent to an activating group) is 1. The molecule has 0 aromatic rings. The number of piperidine rings is 1. The average Bonchev–Trinajstić information content (AvgIpc) is 2.45. The van der Waals surface area contributed by atoms with Crippen LogP contribution < -0.4 is 5.32 Å². The maximum absolute atomic E-state index is 12.6. The highest BCUT2D eigenvalue weighted by Crippen LogP contribution is 2.24. The Morgan fingerprint density at radius 1 is 1.38 bits per heavy atom. The zero-order chi connectivity index (χ0) is 16.0. The van der Waals surface area contributed by atoms with Crippen molar-refractivity contribution in [2.75, 3.05) is 26.7 Å². The number of nitrogens with zero attached hydrogens (tertiary/aromatic N) is 2. The zero-order valence-electron chi connectivity index (χ0n) is 13.0. The fourth-order valence-electron chi connectivity index (χ4n) is 2.55. The van der Waals surface area contributed by atoms with Crippen molar-refractivity contribution in [3.63, 3.8) is 0 Å². The van der Waals surface area contributed by atoms with E-state index in [1.54, 1.807) is 0 Å². The Kier molecular flexibility index (Phi) is 6.45. The molecule has 1 aliphatic rings. The first-order valence-electron chi connectivity index (χ1n) is 7.39. The molecule has 1 saturated heterocycles. The van der Waals surface area contributed by atoms with Gasteiger partial charge in [0.15, 0.2) is 0 Å². The van der Waals surface area contributed by atoms with Crippen LogP contribution in [0.25, 0.3) is 0 Å². The normalized spacial score (nSPS) is 21.8. The molecule has 1 heterocycles. The molecule has 0 aromatic heterocycles. The lowest BCUT2D eigenvalue weighted by Gasteiger charge is -2.38. The lowest BCUT2D eigenvalue weighted by molar-refractivity contribution is -0.144. The lowest BCUT2D eigenvalue weighted by atomic mass is 9.92. The minimum atomic E-state index is -0.980. The summed E-state index contributed by atoms with van der Waals surface area (Å²) < 4.78 is 0. The monoisotopic (exact) mass is 299 g/mol. The number of carboxylic acids is 1. The quantitative estimate of drug-likeness (QED) is 0.784. The molecule has 1 aliphatic heterocycles. The minimum Gasteiger partial charge on any atom is -0.480 e. The standard InChI is InChI=1S/C14H25N3O4/c1-4-6-16(9-12(18)15-3)14(21)17-7-5-10(2)8-11(17)13(19)20/h10-11H,4-9H2,1-3H3,(H,15,18)(H,19,20). The molecule has 1 fully saturated rings. The van der Waals surface area contributed by atoms with Crippen LogP contribution >= 0.6 is 0 Å². The first-order chi connectivity index (χ1) is 9.90. The van der Waals surface area contributed by atoms with Crippen LogP contribution in [0.2, 0.25) is 0 Å². The maximum Gasteiger partial charge on any atom is 0.326 e. The summed E-state index contributed by atoms with van der Waals surface area (Å²) in [4.78, 5) is 38.3. The molecule has 120 valence electrons. The van der Waals surface area contributed by atoms with Gasteiger partial charge in [0.25, 0.3) is 0 Å². The van der Waals surface area contributed by atoms with Gasteiger partial charge in [0.1, 0.15) is 12.6 Å². The van der Waals surface area contributed by atoms with E-state index >= 15 is 0 Å². The summed E-state index contributed by atoms with van der Waals surface area (Å²) in [5.41, 5.74) is 0. The number of carboxylic acid groups (broad SMARTS) is 1. The van der Waals surface area contributed by atoms with Crippen LogP contribution in [0.4, 0.5) is 4.79 Å². The minimum absolute atomic E-state index is 0.0401. The highest BCUT2D eigenvalue weighted by atomic mass is 16.4. The van der Waals surface area contributed by atoms with E-state index in [0.29, 0.717) is 25.9 Å². The molecule has 3 amide bonds. The van der Waals surface area contributed by atoms with Crippen molar-refractivity contribution >= 4 is 17.9 Å². The van der Waals surface area contributed by atoms with Crippen molar-refractivity contribution in [3.8, 4) is 0 Å². The Bertz CT molecular complexity index is 400. The molecule has 0 aliphatic carbocycles. The average molecular weight is 299 g/mol. The summed E-state index contributed by atoms with van der Waals surface area (Å²) in [6.07, 6.45) is 1.96. The summed E-state index contributed by atoms with van der Waals surface area (Å²) in [5.74, 6) is -0.950. The Balaban J connectivity index is 2.84. The van der Waals surface area contributed by atoms with Crippen molar-refractivity contribution in [1.82, 2.24) is 15.1 Å². The number of carbonyl (C=O) groups excluding carboxylic acids is 2. The van der Waals surface area contributed by atoms with E-state index in [0.717, 1.165) is 6.42 Å². The van der Waals surface area contributed by atoms with Crippen LogP contribution in [0.15, 0.2) is 0 Å². The van der Waals surface area contributed by atoms with E-state index in [4.69, 9.17) is 0 Å². The van der Waals surface area contributed by atoms with Gasteiger partial charge in [0, 0.05) is 20.1 Å². The molecule has 2 atom stereocenters. The van der Waals surface area contributed by atoms with Crippen molar-refractivity contribution in [1.29, 1.82) is 0 Å². The molecular weight excluding hydrogens is 274 g/mol. The summed E-state index contributed by atoms with van der Waals surface area (Å²) in [6, 6.07) is -1.16. The summed E-state index contributed by atoms with van der Waals surface area (Å²) in [5, 5.41) is 11.8. The van der Waals surface area contributed by atoms with Crippen LogP contribution in [-0.2, 0) is 9.59 Å². The molecule has 7 heteroatoms. The van der Waals surface area contributed by atoms with Gasteiger partial charge in [-0.15, -0.1) is 0 Å². The predicted octanol–water partition coefficient (Wildman–Crippen LogP) is 0.750. The third kappa shape index (κ3) is 4.61. The van der Waals surface area contributed by atoms with Crippen LogP contribution in [0, 0.1) is 5.92 Å². The van der Waals surface area contributed by atoms with Crippen LogP contribution in [0.1, 0.15) is 33.1 Å². The molecule has 0 bridgehead atoms. The van der Waals surface area contributed by atoms with Crippen molar-refractivity contribution in [2.24, 2.45) is 5.92 Å². The van der Waals surface area contributed by atoms with E-state index in [9.17, 15) is 19.5 Å². The molecule has 2 N–H and O–H groups in total. The van der Waals surface area contributed by atoms with Gasteiger partial charge in [-0.05, 0) is 25.2 Å².